The van der Waals surface area contributed by atoms with E-state index in [-0.39, 0.29) is 5.91 Å². The average molecular weight is 340 g/mol. The second kappa shape index (κ2) is 5.86. The highest BCUT2D eigenvalue weighted by atomic mass is 16.1. The van der Waals surface area contributed by atoms with Crippen molar-refractivity contribution in [1.82, 2.24) is 5.32 Å². The Bertz CT molecular complexity index is 677. The Labute approximate surface area is 152 Å². The van der Waals surface area contributed by atoms with Crippen molar-refractivity contribution in [3.8, 4) is 0 Å². The van der Waals surface area contributed by atoms with E-state index in [1.165, 1.54) is 49.7 Å². The van der Waals surface area contributed by atoms with Gasteiger partial charge in [0.05, 0.1) is 0 Å². The minimum Gasteiger partial charge on any atom is -0.353 e. The van der Waals surface area contributed by atoms with Crippen LogP contribution in [0.25, 0.3) is 0 Å². The predicted molar refractivity (Wildman–Crippen MR) is 103 cm³/mol. The van der Waals surface area contributed by atoms with Gasteiger partial charge in [0.25, 0.3) is 0 Å². The molecule has 1 amide bonds. The van der Waals surface area contributed by atoms with Crippen molar-refractivity contribution in [2.45, 2.75) is 84.1 Å². The van der Waals surface area contributed by atoms with Gasteiger partial charge >= 0.3 is 0 Å². The third-order valence-electron chi connectivity index (χ3n) is 7.75. The van der Waals surface area contributed by atoms with E-state index in [4.69, 9.17) is 0 Å². The minimum absolute atomic E-state index is 0.142. The zero-order valence-electron chi connectivity index (χ0n) is 16.3. The zero-order valence-corrected chi connectivity index (χ0v) is 16.3. The van der Waals surface area contributed by atoms with Crippen molar-refractivity contribution in [2.24, 2.45) is 17.3 Å². The SMILES string of the molecule is CCC(NC(C)=O)C12C[C@@H]3C[C@@H](CC(c4ccc(C)c(C)c4)(C3)C1)C2. The Morgan fingerprint density at radius 2 is 1.84 bits per heavy atom. The fraction of sp³-hybridized carbons (Fsp3) is 0.696. The Balaban J connectivity index is 1.73. The monoisotopic (exact) mass is 339 g/mol. The van der Waals surface area contributed by atoms with Gasteiger partial charge in [0.1, 0.15) is 0 Å². The zero-order chi connectivity index (χ0) is 17.8. The Hall–Kier alpha value is -1.31. The molecule has 0 aromatic heterocycles. The molecule has 5 atom stereocenters. The molecule has 4 saturated carbocycles. The lowest BCUT2D eigenvalue weighted by Gasteiger charge is -2.64. The predicted octanol–water partition coefficient (Wildman–Crippen LogP) is 5.06. The summed E-state index contributed by atoms with van der Waals surface area (Å²) in [5.74, 6) is 1.85. The highest BCUT2D eigenvalue weighted by molar-refractivity contribution is 5.73. The summed E-state index contributed by atoms with van der Waals surface area (Å²) in [6.07, 6.45) is 9.14. The van der Waals surface area contributed by atoms with Gasteiger partial charge in [-0.2, -0.15) is 0 Å². The minimum atomic E-state index is 0.142. The first-order chi connectivity index (χ1) is 11.9. The van der Waals surface area contributed by atoms with Crippen molar-refractivity contribution >= 4 is 5.91 Å². The van der Waals surface area contributed by atoms with Crippen LogP contribution in [-0.4, -0.2) is 11.9 Å². The van der Waals surface area contributed by atoms with Crippen LogP contribution in [0.5, 0.6) is 0 Å². The Morgan fingerprint density at radius 3 is 2.40 bits per heavy atom. The highest BCUT2D eigenvalue weighted by Gasteiger charge is 2.60. The summed E-state index contributed by atoms with van der Waals surface area (Å²) in [5.41, 5.74) is 5.08. The largest absolute Gasteiger partial charge is 0.353 e. The Morgan fingerprint density at radius 1 is 1.16 bits per heavy atom. The lowest BCUT2D eigenvalue weighted by atomic mass is 9.41. The number of nitrogens with one attached hydrogen (secondary N) is 1. The first-order valence-electron chi connectivity index (χ1n) is 10.2. The van der Waals surface area contributed by atoms with E-state index in [1.807, 2.05) is 0 Å². The first-order valence-corrected chi connectivity index (χ1v) is 10.2. The molecule has 4 bridgehead atoms. The number of aryl methyl sites for hydroxylation is 2. The van der Waals surface area contributed by atoms with Crippen LogP contribution in [-0.2, 0) is 10.2 Å². The lowest BCUT2D eigenvalue weighted by molar-refractivity contribution is -0.126. The molecule has 0 saturated heterocycles. The van der Waals surface area contributed by atoms with Gasteiger partial charge in [-0.25, -0.2) is 0 Å². The number of hydrogen-bond acceptors (Lipinski definition) is 1. The van der Waals surface area contributed by atoms with E-state index in [1.54, 1.807) is 12.5 Å². The summed E-state index contributed by atoms with van der Waals surface area (Å²) in [6, 6.07) is 7.54. The average Bonchev–Trinajstić information content (AvgIpc) is 2.53. The summed E-state index contributed by atoms with van der Waals surface area (Å²) in [6.45, 7) is 8.40. The highest BCUT2D eigenvalue weighted by Crippen LogP contribution is 2.67. The van der Waals surface area contributed by atoms with Gasteiger partial charge in [0, 0.05) is 13.0 Å². The van der Waals surface area contributed by atoms with Crippen LogP contribution in [0, 0.1) is 31.1 Å². The molecule has 4 aliphatic carbocycles. The van der Waals surface area contributed by atoms with Crippen molar-refractivity contribution in [3.05, 3.63) is 34.9 Å². The molecular formula is C23H33NO. The standard InChI is InChI=1S/C23H33NO/c1-5-21(24-17(4)25)23-12-18-9-19(13-23)11-22(10-18,14-23)20-7-6-15(2)16(3)8-20/h6-8,18-19,21H,5,9-14H2,1-4H3,(H,24,25)/t18-,19+,21?,22?,23?. The molecule has 4 aliphatic rings. The fourth-order valence-electron chi connectivity index (χ4n) is 7.08. The van der Waals surface area contributed by atoms with Gasteiger partial charge in [0.15, 0.2) is 0 Å². The summed E-state index contributed by atoms with van der Waals surface area (Å²) in [5, 5.41) is 3.34. The summed E-state index contributed by atoms with van der Waals surface area (Å²) >= 11 is 0. The van der Waals surface area contributed by atoms with E-state index in [0.29, 0.717) is 16.9 Å². The topological polar surface area (TPSA) is 29.1 Å². The van der Waals surface area contributed by atoms with Gasteiger partial charge in [0.2, 0.25) is 5.91 Å². The van der Waals surface area contributed by atoms with Crippen molar-refractivity contribution < 1.29 is 4.79 Å². The second-order valence-electron chi connectivity index (χ2n) is 9.56. The molecule has 1 aromatic carbocycles. The molecule has 4 fully saturated rings. The number of amides is 1. The molecule has 5 rings (SSSR count). The maximum atomic E-state index is 11.8. The Kier molecular flexibility index (Phi) is 4.01. The third kappa shape index (κ3) is 2.73. The van der Waals surface area contributed by atoms with Gasteiger partial charge < -0.3 is 5.32 Å². The number of carbonyl (C=O) groups excluding carboxylic acids is 1. The second-order valence-corrected chi connectivity index (χ2v) is 9.56. The van der Waals surface area contributed by atoms with Crippen LogP contribution < -0.4 is 5.32 Å². The third-order valence-corrected chi connectivity index (χ3v) is 7.75. The number of rotatable bonds is 4. The molecule has 25 heavy (non-hydrogen) atoms. The van der Waals surface area contributed by atoms with E-state index in [2.05, 4.69) is 44.3 Å². The van der Waals surface area contributed by atoms with E-state index < -0.39 is 0 Å². The molecular weight excluding hydrogens is 306 g/mol. The number of benzene rings is 1. The normalized spacial score (nSPS) is 37.1. The summed E-state index contributed by atoms with van der Waals surface area (Å²) in [4.78, 5) is 11.8. The molecule has 1 aromatic rings. The van der Waals surface area contributed by atoms with Crippen LogP contribution in [0.4, 0.5) is 0 Å². The maximum absolute atomic E-state index is 11.8. The molecule has 0 spiro atoms. The smallest absolute Gasteiger partial charge is 0.217 e. The summed E-state index contributed by atoms with van der Waals surface area (Å²) < 4.78 is 0. The van der Waals surface area contributed by atoms with Crippen LogP contribution in [0.3, 0.4) is 0 Å². The van der Waals surface area contributed by atoms with E-state index in [0.717, 1.165) is 18.3 Å². The van der Waals surface area contributed by atoms with Gasteiger partial charge in [-0.3, -0.25) is 4.79 Å². The quantitative estimate of drug-likeness (QED) is 0.816. The van der Waals surface area contributed by atoms with Crippen LogP contribution in [0.1, 0.15) is 75.5 Å². The van der Waals surface area contributed by atoms with Crippen LogP contribution in [0.15, 0.2) is 18.2 Å². The molecule has 3 unspecified atom stereocenters. The molecule has 0 heterocycles. The van der Waals surface area contributed by atoms with Crippen LogP contribution in [0.2, 0.25) is 0 Å². The van der Waals surface area contributed by atoms with Gasteiger partial charge in [-0.15, -0.1) is 0 Å². The van der Waals surface area contributed by atoms with Crippen molar-refractivity contribution in [3.63, 3.8) is 0 Å². The van der Waals surface area contributed by atoms with E-state index in [9.17, 15) is 4.79 Å². The summed E-state index contributed by atoms with van der Waals surface area (Å²) in [7, 11) is 0. The maximum Gasteiger partial charge on any atom is 0.217 e. The molecule has 1 N–H and O–H groups in total. The van der Waals surface area contributed by atoms with E-state index >= 15 is 0 Å². The first kappa shape index (κ1) is 17.1. The van der Waals surface area contributed by atoms with Gasteiger partial charge in [-0.1, -0.05) is 25.1 Å². The molecule has 0 radical (unpaired) electrons. The molecule has 0 aliphatic heterocycles. The molecule has 2 nitrogen and oxygen atoms in total. The molecule has 136 valence electrons. The number of hydrogen-bond donors (Lipinski definition) is 1. The molecule has 2 heteroatoms. The fourth-order valence-corrected chi connectivity index (χ4v) is 7.08. The van der Waals surface area contributed by atoms with Crippen LogP contribution >= 0.6 is 0 Å². The van der Waals surface area contributed by atoms with Gasteiger partial charge in [-0.05, 0) is 98.1 Å². The lowest BCUT2D eigenvalue weighted by Crippen LogP contribution is -2.61. The van der Waals surface area contributed by atoms with Crippen molar-refractivity contribution in [2.75, 3.05) is 0 Å². The number of carbonyl (C=O) groups is 1. The van der Waals surface area contributed by atoms with Crippen molar-refractivity contribution in [1.29, 1.82) is 0 Å².